The zero-order chi connectivity index (χ0) is 16.1. The maximum absolute atomic E-state index is 12.0. The Morgan fingerprint density at radius 3 is 2.77 bits per heavy atom. The van der Waals surface area contributed by atoms with Gasteiger partial charge in [0.05, 0.1) is 6.04 Å². The third kappa shape index (κ3) is 4.69. The quantitative estimate of drug-likeness (QED) is 0.860. The van der Waals surface area contributed by atoms with Gasteiger partial charge >= 0.3 is 6.03 Å². The lowest BCUT2D eigenvalue weighted by Crippen LogP contribution is -2.45. The summed E-state index contributed by atoms with van der Waals surface area (Å²) in [4.78, 5) is 12.0. The lowest BCUT2D eigenvalue weighted by molar-refractivity contribution is 0.0999. The summed E-state index contributed by atoms with van der Waals surface area (Å²) in [6.07, 6.45) is 2.22. The zero-order valence-corrected chi connectivity index (χ0v) is 14.2. The fraction of sp³-hybridized carbons (Fsp3) is 0.533. The number of carbonyl (C=O) groups excluding carboxylic acids is 1. The lowest BCUT2D eigenvalue weighted by atomic mass is 10.0. The van der Waals surface area contributed by atoms with Crippen LogP contribution in [0.5, 0.6) is 0 Å². The second kappa shape index (κ2) is 7.94. The van der Waals surface area contributed by atoms with Crippen molar-refractivity contribution in [3.63, 3.8) is 0 Å². The summed E-state index contributed by atoms with van der Waals surface area (Å²) in [5, 5.41) is 6.28. The highest BCUT2D eigenvalue weighted by Gasteiger charge is 2.30. The molecule has 0 bridgehead atoms. The van der Waals surface area contributed by atoms with E-state index in [2.05, 4.69) is 10.6 Å². The van der Waals surface area contributed by atoms with Crippen LogP contribution in [-0.4, -0.2) is 40.9 Å². The third-order valence-corrected chi connectivity index (χ3v) is 5.28. The number of hydrogen-bond acceptors (Lipinski definition) is 3. The predicted molar refractivity (Wildman–Crippen MR) is 88.6 cm³/mol. The molecule has 1 saturated heterocycles. The average Bonchev–Trinajstić information content (AvgIpc) is 2.93. The highest BCUT2D eigenvalue weighted by Crippen LogP contribution is 2.29. The molecule has 7 heteroatoms. The van der Waals surface area contributed by atoms with Gasteiger partial charge in [-0.1, -0.05) is 23.7 Å². The molecule has 0 saturated carbocycles. The summed E-state index contributed by atoms with van der Waals surface area (Å²) in [6, 6.07) is 7.11. The van der Waals surface area contributed by atoms with Crippen molar-refractivity contribution in [2.75, 3.05) is 19.4 Å². The SMILES string of the molecule is C[C@H](CNC(=O)N[C@@H]1CCO[C@H]1c1ccc(Cl)cc1)[S@](C)=O. The van der Waals surface area contributed by atoms with Crippen molar-refractivity contribution in [2.24, 2.45) is 0 Å². The van der Waals surface area contributed by atoms with E-state index in [1.165, 1.54) is 0 Å². The first-order chi connectivity index (χ1) is 10.5. The minimum absolute atomic E-state index is 0.0716. The van der Waals surface area contributed by atoms with Crippen molar-refractivity contribution >= 4 is 28.4 Å². The predicted octanol–water partition coefficient (Wildman–Crippen LogP) is 2.24. The van der Waals surface area contributed by atoms with Crippen molar-refractivity contribution in [1.29, 1.82) is 0 Å². The molecular weight excluding hydrogens is 324 g/mol. The molecule has 2 N–H and O–H groups in total. The highest BCUT2D eigenvalue weighted by molar-refractivity contribution is 7.84. The van der Waals surface area contributed by atoms with Crippen LogP contribution in [0.25, 0.3) is 0 Å². The van der Waals surface area contributed by atoms with Crippen molar-refractivity contribution in [1.82, 2.24) is 10.6 Å². The lowest BCUT2D eigenvalue weighted by Gasteiger charge is -2.21. The molecule has 0 radical (unpaired) electrons. The van der Waals surface area contributed by atoms with E-state index in [4.69, 9.17) is 16.3 Å². The van der Waals surface area contributed by atoms with Gasteiger partial charge in [0, 0.05) is 40.5 Å². The zero-order valence-electron chi connectivity index (χ0n) is 12.7. The molecule has 22 heavy (non-hydrogen) atoms. The summed E-state index contributed by atoms with van der Waals surface area (Å²) in [7, 11) is -0.949. The van der Waals surface area contributed by atoms with Gasteiger partial charge in [-0.3, -0.25) is 4.21 Å². The number of amides is 2. The Balaban J connectivity index is 1.89. The largest absolute Gasteiger partial charge is 0.371 e. The fourth-order valence-corrected chi connectivity index (χ4v) is 2.74. The van der Waals surface area contributed by atoms with Crippen LogP contribution in [0.1, 0.15) is 25.0 Å². The molecule has 2 rings (SSSR count). The van der Waals surface area contributed by atoms with Crippen molar-refractivity contribution in [3.8, 4) is 0 Å². The van der Waals surface area contributed by atoms with E-state index in [0.717, 1.165) is 12.0 Å². The molecule has 122 valence electrons. The van der Waals surface area contributed by atoms with Gasteiger partial charge in [-0.15, -0.1) is 0 Å². The van der Waals surface area contributed by atoms with Crippen LogP contribution in [0.2, 0.25) is 5.02 Å². The minimum Gasteiger partial charge on any atom is -0.371 e. The van der Waals surface area contributed by atoms with E-state index in [-0.39, 0.29) is 23.4 Å². The van der Waals surface area contributed by atoms with Gasteiger partial charge in [0.25, 0.3) is 0 Å². The molecular formula is C15H21ClN2O3S. The number of urea groups is 1. The van der Waals surface area contributed by atoms with Crippen molar-refractivity contribution in [3.05, 3.63) is 34.9 Å². The van der Waals surface area contributed by atoms with Gasteiger partial charge in [0.1, 0.15) is 6.10 Å². The van der Waals surface area contributed by atoms with E-state index < -0.39 is 10.8 Å². The molecule has 1 aliphatic heterocycles. The molecule has 0 aromatic heterocycles. The Hall–Kier alpha value is -1.11. The number of carbonyl (C=O) groups is 1. The Kier molecular flexibility index (Phi) is 6.23. The molecule has 0 aliphatic carbocycles. The molecule has 2 amide bonds. The average molecular weight is 345 g/mol. The van der Waals surface area contributed by atoms with Gasteiger partial charge in [-0.2, -0.15) is 0 Å². The summed E-state index contributed by atoms with van der Waals surface area (Å²) in [6.45, 7) is 2.83. The molecule has 0 unspecified atom stereocenters. The summed E-state index contributed by atoms with van der Waals surface area (Å²) >= 11 is 5.89. The summed E-state index contributed by atoms with van der Waals surface area (Å²) in [5.74, 6) is 0. The first-order valence-corrected chi connectivity index (χ1v) is 9.21. The number of hydrogen-bond donors (Lipinski definition) is 2. The van der Waals surface area contributed by atoms with E-state index in [1.807, 2.05) is 31.2 Å². The van der Waals surface area contributed by atoms with Crippen LogP contribution in [-0.2, 0) is 15.5 Å². The first kappa shape index (κ1) is 17.2. The van der Waals surface area contributed by atoms with E-state index >= 15 is 0 Å². The Bertz CT molecular complexity index is 538. The molecule has 1 aromatic rings. The minimum atomic E-state index is -0.949. The smallest absolute Gasteiger partial charge is 0.315 e. The van der Waals surface area contributed by atoms with Crippen LogP contribution in [0.4, 0.5) is 4.79 Å². The number of rotatable bonds is 5. The monoisotopic (exact) mass is 344 g/mol. The summed E-state index contributed by atoms with van der Waals surface area (Å²) in [5.41, 5.74) is 0.996. The molecule has 1 fully saturated rings. The molecule has 0 spiro atoms. The van der Waals surface area contributed by atoms with Crippen molar-refractivity contribution < 1.29 is 13.7 Å². The van der Waals surface area contributed by atoms with Gasteiger partial charge < -0.3 is 15.4 Å². The maximum atomic E-state index is 12.0. The maximum Gasteiger partial charge on any atom is 0.315 e. The standard InChI is InChI=1S/C15H21ClN2O3S/c1-10(22(2)20)9-17-15(19)18-13-7-8-21-14(13)11-3-5-12(16)6-4-11/h3-6,10,13-14H,7-9H2,1-2H3,(H2,17,18,19)/t10-,13-,14+,22+/m1/s1. The molecule has 1 aliphatic rings. The van der Waals surface area contributed by atoms with Gasteiger partial charge in [0.15, 0.2) is 0 Å². The van der Waals surface area contributed by atoms with Crippen LogP contribution in [0, 0.1) is 0 Å². The highest BCUT2D eigenvalue weighted by atomic mass is 35.5. The Morgan fingerprint density at radius 2 is 2.14 bits per heavy atom. The van der Waals surface area contributed by atoms with E-state index in [9.17, 15) is 9.00 Å². The first-order valence-electron chi connectivity index (χ1n) is 7.21. The third-order valence-electron chi connectivity index (χ3n) is 3.72. The van der Waals surface area contributed by atoms with Crippen LogP contribution >= 0.6 is 11.6 Å². The Labute approximate surface area is 138 Å². The molecule has 5 nitrogen and oxygen atoms in total. The number of ether oxygens (including phenoxy) is 1. The number of halogens is 1. The topological polar surface area (TPSA) is 67.4 Å². The number of nitrogens with one attached hydrogen (secondary N) is 2. The fourth-order valence-electron chi connectivity index (χ4n) is 2.29. The van der Waals surface area contributed by atoms with Gasteiger partial charge in [-0.05, 0) is 31.0 Å². The van der Waals surface area contributed by atoms with Gasteiger partial charge in [-0.25, -0.2) is 4.79 Å². The Morgan fingerprint density at radius 1 is 1.45 bits per heavy atom. The van der Waals surface area contributed by atoms with Crippen LogP contribution in [0.15, 0.2) is 24.3 Å². The molecule has 1 aromatic carbocycles. The number of benzene rings is 1. The van der Waals surface area contributed by atoms with Crippen molar-refractivity contribution in [2.45, 2.75) is 30.7 Å². The second-order valence-electron chi connectivity index (χ2n) is 5.40. The van der Waals surface area contributed by atoms with E-state index in [1.54, 1.807) is 6.26 Å². The molecule has 1 heterocycles. The summed E-state index contributed by atoms with van der Waals surface area (Å²) < 4.78 is 17.0. The van der Waals surface area contributed by atoms with Crippen LogP contribution in [0.3, 0.4) is 0 Å². The normalized spacial score (nSPS) is 23.8. The second-order valence-corrected chi connectivity index (χ2v) is 7.64. The van der Waals surface area contributed by atoms with Gasteiger partial charge in [0.2, 0.25) is 0 Å². The molecule has 4 atom stereocenters. The van der Waals surface area contributed by atoms with E-state index in [0.29, 0.717) is 18.2 Å². The van der Waals surface area contributed by atoms with Crippen LogP contribution < -0.4 is 10.6 Å².